The van der Waals surface area contributed by atoms with Crippen LogP contribution in [0.15, 0.2) is 29.6 Å². The summed E-state index contributed by atoms with van der Waals surface area (Å²) in [5.74, 6) is -0.306. The van der Waals surface area contributed by atoms with Crippen molar-refractivity contribution in [1.29, 1.82) is 0 Å². The Hall–Kier alpha value is -2.12. The fourth-order valence-electron chi connectivity index (χ4n) is 2.97. The first kappa shape index (κ1) is 18.7. The van der Waals surface area contributed by atoms with Crippen LogP contribution in [-0.4, -0.2) is 53.9 Å². The standard InChI is InChI=1S/C18H21ClN4O2S/c1-22(2)18(25)23-8-4-6-13(10-23)16(24)21-17-20-15(11-26-17)12-5-3-7-14(19)9-12/h3,5,7,9,11,13H,4,6,8,10H2,1-2H3,(H,20,21,24). The highest BCUT2D eigenvalue weighted by Gasteiger charge is 2.29. The summed E-state index contributed by atoms with van der Waals surface area (Å²) >= 11 is 7.40. The molecule has 1 saturated heterocycles. The predicted octanol–water partition coefficient (Wildman–Crippen LogP) is 3.80. The van der Waals surface area contributed by atoms with Crippen molar-refractivity contribution in [3.63, 3.8) is 0 Å². The van der Waals surface area contributed by atoms with E-state index < -0.39 is 0 Å². The highest BCUT2D eigenvalue weighted by atomic mass is 35.5. The molecular weight excluding hydrogens is 372 g/mol. The van der Waals surface area contributed by atoms with Crippen molar-refractivity contribution < 1.29 is 9.59 Å². The number of aromatic nitrogens is 1. The van der Waals surface area contributed by atoms with E-state index in [4.69, 9.17) is 11.6 Å². The third kappa shape index (κ3) is 4.34. The van der Waals surface area contributed by atoms with Gasteiger partial charge in [0.05, 0.1) is 11.6 Å². The first-order valence-electron chi connectivity index (χ1n) is 8.42. The lowest BCUT2D eigenvalue weighted by molar-refractivity contribution is -0.121. The van der Waals surface area contributed by atoms with Crippen LogP contribution in [0.3, 0.4) is 0 Å². The Balaban J connectivity index is 1.64. The molecule has 138 valence electrons. The van der Waals surface area contributed by atoms with Gasteiger partial charge in [0.25, 0.3) is 0 Å². The topological polar surface area (TPSA) is 65.5 Å². The molecule has 3 rings (SSSR count). The summed E-state index contributed by atoms with van der Waals surface area (Å²) < 4.78 is 0. The van der Waals surface area contributed by atoms with Gasteiger partial charge in [-0.25, -0.2) is 9.78 Å². The number of carbonyl (C=O) groups excluding carboxylic acids is 2. The van der Waals surface area contributed by atoms with E-state index in [0.29, 0.717) is 23.2 Å². The first-order valence-corrected chi connectivity index (χ1v) is 9.68. The van der Waals surface area contributed by atoms with Crippen LogP contribution < -0.4 is 5.32 Å². The van der Waals surface area contributed by atoms with Gasteiger partial charge in [0, 0.05) is 43.2 Å². The number of likely N-dealkylation sites (tertiary alicyclic amines) is 1. The first-order chi connectivity index (χ1) is 12.4. The van der Waals surface area contributed by atoms with Crippen LogP contribution >= 0.6 is 22.9 Å². The Morgan fingerprint density at radius 1 is 1.38 bits per heavy atom. The van der Waals surface area contributed by atoms with E-state index in [9.17, 15) is 9.59 Å². The average Bonchev–Trinajstić information content (AvgIpc) is 3.09. The van der Waals surface area contributed by atoms with Crippen molar-refractivity contribution in [3.8, 4) is 11.3 Å². The van der Waals surface area contributed by atoms with Crippen LogP contribution in [0.1, 0.15) is 12.8 Å². The molecule has 1 atom stereocenters. The minimum Gasteiger partial charge on any atom is -0.331 e. The summed E-state index contributed by atoms with van der Waals surface area (Å²) in [7, 11) is 3.44. The molecule has 1 aromatic heterocycles. The minimum absolute atomic E-state index is 0.0556. The van der Waals surface area contributed by atoms with E-state index in [0.717, 1.165) is 24.1 Å². The zero-order valence-electron chi connectivity index (χ0n) is 14.7. The maximum atomic E-state index is 12.6. The minimum atomic E-state index is -0.217. The van der Waals surface area contributed by atoms with Gasteiger partial charge in [-0.05, 0) is 25.0 Å². The second-order valence-electron chi connectivity index (χ2n) is 6.50. The summed E-state index contributed by atoms with van der Waals surface area (Å²) in [4.78, 5) is 32.4. The highest BCUT2D eigenvalue weighted by molar-refractivity contribution is 7.14. The number of benzene rings is 1. The summed E-state index contributed by atoms with van der Waals surface area (Å²) in [6.07, 6.45) is 1.60. The fourth-order valence-corrected chi connectivity index (χ4v) is 3.88. The van der Waals surface area contributed by atoms with Crippen molar-refractivity contribution in [2.45, 2.75) is 12.8 Å². The average molecular weight is 393 g/mol. The SMILES string of the molecule is CN(C)C(=O)N1CCCC(C(=O)Nc2nc(-c3cccc(Cl)c3)cs2)C1. The van der Waals surface area contributed by atoms with Gasteiger partial charge < -0.3 is 15.1 Å². The summed E-state index contributed by atoms with van der Waals surface area (Å²) in [6.45, 7) is 1.13. The van der Waals surface area contributed by atoms with Gasteiger partial charge in [0.1, 0.15) is 0 Å². The van der Waals surface area contributed by atoms with Crippen molar-refractivity contribution in [3.05, 3.63) is 34.7 Å². The molecule has 1 aliphatic heterocycles. The van der Waals surface area contributed by atoms with Crippen LogP contribution in [0.4, 0.5) is 9.93 Å². The Labute approximate surface area is 161 Å². The van der Waals surface area contributed by atoms with Gasteiger partial charge in [-0.3, -0.25) is 4.79 Å². The maximum absolute atomic E-state index is 12.6. The molecule has 1 aliphatic rings. The van der Waals surface area contributed by atoms with Crippen molar-refractivity contribution >= 4 is 40.0 Å². The van der Waals surface area contributed by atoms with E-state index in [1.807, 2.05) is 29.6 Å². The number of halogens is 1. The number of nitrogens with one attached hydrogen (secondary N) is 1. The lowest BCUT2D eigenvalue weighted by Crippen LogP contribution is -2.47. The molecule has 0 saturated carbocycles. The molecule has 2 heterocycles. The molecule has 1 unspecified atom stereocenters. The fraction of sp³-hybridized carbons (Fsp3) is 0.389. The second kappa shape index (κ2) is 8.05. The number of amides is 3. The Kier molecular flexibility index (Phi) is 5.78. The summed E-state index contributed by atoms with van der Waals surface area (Å²) in [5, 5.41) is 5.99. The third-order valence-electron chi connectivity index (χ3n) is 4.30. The summed E-state index contributed by atoms with van der Waals surface area (Å²) in [6, 6.07) is 7.39. The monoisotopic (exact) mass is 392 g/mol. The third-order valence-corrected chi connectivity index (χ3v) is 5.29. The highest BCUT2D eigenvalue weighted by Crippen LogP contribution is 2.27. The van der Waals surface area contributed by atoms with Gasteiger partial charge in [0.15, 0.2) is 5.13 Å². The lowest BCUT2D eigenvalue weighted by atomic mass is 9.97. The number of hydrogen-bond donors (Lipinski definition) is 1. The van der Waals surface area contributed by atoms with Crippen LogP contribution in [0, 0.1) is 5.92 Å². The van der Waals surface area contributed by atoms with Gasteiger partial charge in [0.2, 0.25) is 5.91 Å². The molecule has 8 heteroatoms. The molecule has 0 aliphatic carbocycles. The number of thiazole rings is 1. The van der Waals surface area contributed by atoms with Gasteiger partial charge in [-0.2, -0.15) is 0 Å². The Morgan fingerprint density at radius 2 is 2.19 bits per heavy atom. The largest absolute Gasteiger partial charge is 0.331 e. The van der Waals surface area contributed by atoms with Gasteiger partial charge in [-0.1, -0.05) is 23.7 Å². The molecule has 0 radical (unpaired) electrons. The Bertz CT molecular complexity index is 808. The molecular formula is C18H21ClN4O2S. The van der Waals surface area contributed by atoms with Crippen molar-refractivity contribution in [2.75, 3.05) is 32.5 Å². The number of nitrogens with zero attached hydrogens (tertiary/aromatic N) is 3. The molecule has 0 bridgehead atoms. The van der Waals surface area contributed by atoms with E-state index in [1.165, 1.54) is 11.3 Å². The van der Waals surface area contributed by atoms with E-state index in [2.05, 4.69) is 10.3 Å². The zero-order chi connectivity index (χ0) is 18.7. The number of urea groups is 1. The molecule has 6 nitrogen and oxygen atoms in total. The molecule has 3 amide bonds. The zero-order valence-corrected chi connectivity index (χ0v) is 16.3. The summed E-state index contributed by atoms with van der Waals surface area (Å²) in [5.41, 5.74) is 1.69. The number of carbonyl (C=O) groups is 2. The van der Waals surface area contributed by atoms with E-state index in [1.54, 1.807) is 23.9 Å². The quantitative estimate of drug-likeness (QED) is 0.864. The molecule has 1 aromatic carbocycles. The molecule has 0 spiro atoms. The molecule has 1 N–H and O–H groups in total. The van der Waals surface area contributed by atoms with E-state index >= 15 is 0 Å². The van der Waals surface area contributed by atoms with Crippen LogP contribution in [0.25, 0.3) is 11.3 Å². The van der Waals surface area contributed by atoms with Crippen molar-refractivity contribution in [2.24, 2.45) is 5.92 Å². The predicted molar refractivity (Wildman–Crippen MR) is 105 cm³/mol. The van der Waals surface area contributed by atoms with Crippen LogP contribution in [-0.2, 0) is 4.79 Å². The molecule has 26 heavy (non-hydrogen) atoms. The van der Waals surface area contributed by atoms with E-state index in [-0.39, 0.29) is 17.9 Å². The van der Waals surface area contributed by atoms with Gasteiger partial charge in [-0.15, -0.1) is 11.3 Å². The van der Waals surface area contributed by atoms with Gasteiger partial charge >= 0.3 is 6.03 Å². The lowest BCUT2D eigenvalue weighted by Gasteiger charge is -2.33. The molecule has 1 fully saturated rings. The maximum Gasteiger partial charge on any atom is 0.319 e. The van der Waals surface area contributed by atoms with Crippen molar-refractivity contribution in [1.82, 2.24) is 14.8 Å². The number of anilines is 1. The smallest absolute Gasteiger partial charge is 0.319 e. The second-order valence-corrected chi connectivity index (χ2v) is 7.79. The van der Waals surface area contributed by atoms with Crippen LogP contribution in [0.2, 0.25) is 5.02 Å². The number of hydrogen-bond acceptors (Lipinski definition) is 4. The molecule has 2 aromatic rings. The van der Waals surface area contributed by atoms with Crippen LogP contribution in [0.5, 0.6) is 0 Å². The number of rotatable bonds is 3. The number of piperidine rings is 1. The Morgan fingerprint density at radius 3 is 2.92 bits per heavy atom. The normalized spacial score (nSPS) is 17.0.